The molecular formula is C35H41NO8. The molecule has 0 aliphatic carbocycles. The van der Waals surface area contributed by atoms with Gasteiger partial charge in [-0.05, 0) is 71.8 Å². The molecule has 0 radical (unpaired) electrons. The first kappa shape index (κ1) is 34.0. The third kappa shape index (κ3) is 11.6. The number of ether oxygens (including phenoxy) is 3. The summed E-state index contributed by atoms with van der Waals surface area (Å²) in [5.74, 6) is -0.507. The number of carbonyl (C=O) groups excluding carboxylic acids is 4. The number of hydroxylamine groups is 1. The van der Waals surface area contributed by atoms with Crippen LogP contribution in [0.5, 0.6) is 11.5 Å². The maximum atomic E-state index is 12.5. The first-order valence-corrected chi connectivity index (χ1v) is 14.8. The van der Waals surface area contributed by atoms with Gasteiger partial charge in [-0.25, -0.2) is 10.3 Å². The Bertz CT molecular complexity index is 1380. The van der Waals surface area contributed by atoms with Gasteiger partial charge < -0.3 is 14.2 Å². The van der Waals surface area contributed by atoms with Gasteiger partial charge in [-0.15, -0.1) is 0 Å². The van der Waals surface area contributed by atoms with Crippen LogP contribution in [-0.4, -0.2) is 23.8 Å². The Hall–Kier alpha value is -4.50. The molecule has 0 saturated carbocycles. The zero-order valence-electron chi connectivity index (χ0n) is 26.0. The van der Waals surface area contributed by atoms with Crippen molar-refractivity contribution in [2.75, 3.05) is 0 Å². The summed E-state index contributed by atoms with van der Waals surface area (Å²) in [5, 5.41) is 0. The molecule has 0 aromatic heterocycles. The minimum atomic E-state index is -0.429. The minimum absolute atomic E-state index is 0.101. The minimum Gasteiger partial charge on any atom is -0.457 e. The average molecular weight is 604 g/mol. The summed E-state index contributed by atoms with van der Waals surface area (Å²) in [6.07, 6.45) is 1.74. The molecule has 9 nitrogen and oxygen atoms in total. The molecule has 1 unspecified atom stereocenters. The molecule has 0 bridgehead atoms. The highest BCUT2D eigenvalue weighted by atomic mass is 16.6. The Morgan fingerprint density at radius 1 is 0.636 bits per heavy atom. The summed E-state index contributed by atoms with van der Waals surface area (Å²) in [4.78, 5) is 53.4. The lowest BCUT2D eigenvalue weighted by Gasteiger charge is -2.12. The second kappa shape index (κ2) is 17.0. The van der Waals surface area contributed by atoms with E-state index in [4.69, 9.17) is 19.0 Å². The Balaban J connectivity index is 1.33. The smallest absolute Gasteiger partial charge is 0.338 e. The van der Waals surface area contributed by atoms with Crippen molar-refractivity contribution in [3.63, 3.8) is 0 Å². The Kier molecular flexibility index (Phi) is 13.1. The highest BCUT2D eigenvalue weighted by Crippen LogP contribution is 2.18. The van der Waals surface area contributed by atoms with Crippen LogP contribution >= 0.6 is 0 Å². The molecule has 0 saturated heterocycles. The van der Waals surface area contributed by atoms with Gasteiger partial charge in [0.25, 0.3) is 0 Å². The van der Waals surface area contributed by atoms with E-state index in [1.165, 1.54) is 0 Å². The summed E-state index contributed by atoms with van der Waals surface area (Å²) in [6, 6.07) is 21.0. The van der Waals surface area contributed by atoms with Gasteiger partial charge in [-0.1, -0.05) is 71.0 Å². The van der Waals surface area contributed by atoms with Gasteiger partial charge >= 0.3 is 17.9 Å². The predicted octanol–water partition coefficient (Wildman–Crippen LogP) is 6.37. The molecule has 3 rings (SSSR count). The monoisotopic (exact) mass is 603 g/mol. The van der Waals surface area contributed by atoms with E-state index in [9.17, 15) is 19.2 Å². The highest BCUT2D eigenvalue weighted by molar-refractivity contribution is 5.89. The van der Waals surface area contributed by atoms with Gasteiger partial charge in [0.2, 0.25) is 5.91 Å². The maximum Gasteiger partial charge on any atom is 0.338 e. The van der Waals surface area contributed by atoms with Gasteiger partial charge in [0.1, 0.15) is 18.1 Å². The second-order valence-corrected chi connectivity index (χ2v) is 11.4. The molecule has 0 spiro atoms. The average Bonchev–Trinajstić information content (AvgIpc) is 3.00. The van der Waals surface area contributed by atoms with Crippen LogP contribution in [0.1, 0.15) is 74.5 Å². The quantitative estimate of drug-likeness (QED) is 0.121. The standard InChI is InChI=1S/C35H41NO8/c1-23(2)33(38)43-30-15-9-27(10-16-30)21-41-35(40)29-13-7-26(8-14-29)20-25(5)6-19-32(37)36-42-22-28-11-17-31(18-12-28)44-34(39)24(3)4/h7-18,23-25H,6,19-22H2,1-5H3,(H,36,37). The third-order valence-electron chi connectivity index (χ3n) is 6.66. The van der Waals surface area contributed by atoms with E-state index >= 15 is 0 Å². The van der Waals surface area contributed by atoms with Crippen LogP contribution in [0.25, 0.3) is 0 Å². The third-order valence-corrected chi connectivity index (χ3v) is 6.66. The van der Waals surface area contributed by atoms with E-state index < -0.39 is 5.97 Å². The van der Waals surface area contributed by atoms with Crippen molar-refractivity contribution in [2.24, 2.45) is 17.8 Å². The van der Waals surface area contributed by atoms with Crippen molar-refractivity contribution in [3.05, 3.63) is 95.1 Å². The van der Waals surface area contributed by atoms with Crippen LogP contribution in [0.4, 0.5) is 0 Å². The molecular weight excluding hydrogens is 562 g/mol. The molecule has 0 aliphatic rings. The number of hydrogen-bond acceptors (Lipinski definition) is 8. The van der Waals surface area contributed by atoms with E-state index in [-0.39, 0.29) is 48.8 Å². The van der Waals surface area contributed by atoms with Crippen LogP contribution in [-0.2, 0) is 43.6 Å². The van der Waals surface area contributed by atoms with E-state index in [2.05, 4.69) is 12.4 Å². The number of carbonyl (C=O) groups is 4. The second-order valence-electron chi connectivity index (χ2n) is 11.4. The Labute approximate surface area is 258 Å². The SMILES string of the molecule is CC(CCC(=O)NOCc1ccc(OC(=O)C(C)C)cc1)Cc1ccc(C(=O)OCc2ccc(OC(=O)C(C)C)cc2)cc1. The number of nitrogens with one attached hydrogen (secondary N) is 1. The largest absolute Gasteiger partial charge is 0.457 e. The van der Waals surface area contributed by atoms with Crippen molar-refractivity contribution in [3.8, 4) is 11.5 Å². The van der Waals surface area contributed by atoms with Gasteiger partial charge in [-0.3, -0.25) is 19.2 Å². The Morgan fingerprint density at radius 3 is 1.61 bits per heavy atom. The van der Waals surface area contributed by atoms with Crippen molar-refractivity contribution < 1.29 is 38.2 Å². The topological polar surface area (TPSA) is 117 Å². The fourth-order valence-corrected chi connectivity index (χ4v) is 3.92. The molecule has 1 amide bonds. The first-order chi connectivity index (χ1) is 21.0. The molecule has 0 aliphatic heterocycles. The molecule has 234 valence electrons. The van der Waals surface area contributed by atoms with E-state index in [1.807, 2.05) is 12.1 Å². The van der Waals surface area contributed by atoms with Crippen molar-refractivity contribution >= 4 is 23.8 Å². The molecule has 9 heteroatoms. The molecule has 3 aromatic rings. The maximum absolute atomic E-state index is 12.5. The zero-order chi connectivity index (χ0) is 32.1. The summed E-state index contributed by atoms with van der Waals surface area (Å²) in [6.45, 7) is 9.44. The number of rotatable bonds is 15. The van der Waals surface area contributed by atoms with Crippen LogP contribution in [0.15, 0.2) is 72.8 Å². The molecule has 3 aromatic carbocycles. The van der Waals surface area contributed by atoms with Crippen LogP contribution < -0.4 is 15.0 Å². The summed E-state index contributed by atoms with van der Waals surface area (Å²) >= 11 is 0. The van der Waals surface area contributed by atoms with E-state index in [1.54, 1.807) is 88.4 Å². The lowest BCUT2D eigenvalue weighted by atomic mass is 9.96. The molecule has 0 heterocycles. The summed E-state index contributed by atoms with van der Waals surface area (Å²) < 4.78 is 15.9. The normalized spacial score (nSPS) is 11.6. The molecule has 1 N–H and O–H groups in total. The van der Waals surface area contributed by atoms with Gasteiger partial charge in [0.05, 0.1) is 24.0 Å². The van der Waals surface area contributed by atoms with Crippen LogP contribution in [0.3, 0.4) is 0 Å². The number of hydrogen-bond donors (Lipinski definition) is 1. The van der Waals surface area contributed by atoms with Crippen LogP contribution in [0, 0.1) is 17.8 Å². The Morgan fingerprint density at radius 2 is 1.11 bits per heavy atom. The van der Waals surface area contributed by atoms with Gasteiger partial charge in [0, 0.05) is 6.42 Å². The van der Waals surface area contributed by atoms with Crippen molar-refractivity contribution in [1.29, 1.82) is 0 Å². The van der Waals surface area contributed by atoms with Crippen molar-refractivity contribution in [2.45, 2.75) is 67.1 Å². The predicted molar refractivity (Wildman–Crippen MR) is 164 cm³/mol. The molecule has 0 fully saturated rings. The van der Waals surface area contributed by atoms with Crippen LogP contribution in [0.2, 0.25) is 0 Å². The number of amides is 1. The fraction of sp³-hybridized carbons (Fsp3) is 0.371. The van der Waals surface area contributed by atoms with Gasteiger partial charge in [0.15, 0.2) is 0 Å². The van der Waals surface area contributed by atoms with Gasteiger partial charge in [-0.2, -0.15) is 0 Å². The summed E-state index contributed by atoms with van der Waals surface area (Å²) in [7, 11) is 0. The lowest BCUT2D eigenvalue weighted by Crippen LogP contribution is -2.24. The number of benzene rings is 3. The summed E-state index contributed by atoms with van der Waals surface area (Å²) in [5.41, 5.74) is 5.59. The highest BCUT2D eigenvalue weighted by Gasteiger charge is 2.13. The molecule has 44 heavy (non-hydrogen) atoms. The van der Waals surface area contributed by atoms with E-state index in [0.717, 1.165) is 23.1 Å². The molecule has 1 atom stereocenters. The van der Waals surface area contributed by atoms with Crippen molar-refractivity contribution in [1.82, 2.24) is 5.48 Å². The lowest BCUT2D eigenvalue weighted by molar-refractivity contribution is -0.138. The zero-order valence-corrected chi connectivity index (χ0v) is 26.0. The first-order valence-electron chi connectivity index (χ1n) is 14.8. The number of esters is 3. The fourth-order valence-electron chi connectivity index (χ4n) is 3.92. The van der Waals surface area contributed by atoms with E-state index in [0.29, 0.717) is 29.9 Å².